The fraction of sp³-hybridized carbons (Fsp3) is 0.276. The summed E-state index contributed by atoms with van der Waals surface area (Å²) in [6.45, 7) is 2.04. The predicted molar refractivity (Wildman–Crippen MR) is 138 cm³/mol. The highest BCUT2D eigenvalue weighted by Crippen LogP contribution is 2.55. The quantitative estimate of drug-likeness (QED) is 0.359. The minimum atomic E-state index is -0.690. The lowest BCUT2D eigenvalue weighted by Crippen LogP contribution is -2.37. The summed E-state index contributed by atoms with van der Waals surface area (Å²) in [4.78, 5) is 13.6. The molecule has 0 saturated heterocycles. The van der Waals surface area contributed by atoms with Crippen molar-refractivity contribution in [2.45, 2.75) is 50.4 Å². The van der Waals surface area contributed by atoms with Crippen LogP contribution in [0.15, 0.2) is 53.0 Å². The second-order valence-corrected chi connectivity index (χ2v) is 10.6. The van der Waals surface area contributed by atoms with Crippen LogP contribution in [0.25, 0.3) is 6.08 Å². The lowest BCUT2D eigenvalue weighted by molar-refractivity contribution is -0.118. The van der Waals surface area contributed by atoms with Gasteiger partial charge in [-0.15, -0.1) is 0 Å². The number of anilines is 1. The first-order valence-corrected chi connectivity index (χ1v) is 12.6. The summed E-state index contributed by atoms with van der Waals surface area (Å²) < 4.78 is 0.965. The van der Waals surface area contributed by atoms with E-state index in [-0.39, 0.29) is 17.4 Å². The van der Waals surface area contributed by atoms with Gasteiger partial charge in [0.25, 0.3) is 0 Å². The number of hydrogen-bond acceptors (Lipinski definition) is 3. The molecule has 4 nitrogen and oxygen atoms in total. The Bertz CT molecular complexity index is 1390. The molecule has 3 N–H and O–H groups in total. The maximum absolute atomic E-state index is 13.6. The van der Waals surface area contributed by atoms with E-state index in [0.29, 0.717) is 12.0 Å². The summed E-state index contributed by atoms with van der Waals surface area (Å²) >= 11 is 3.65. The molecular weight excluding hydrogens is 490 g/mol. The number of carbonyl (C=O) groups excluding carboxylic acids is 1. The number of allylic oxidation sites excluding steroid dienone is 1. The molecule has 0 radical (unpaired) electrons. The van der Waals surface area contributed by atoms with Gasteiger partial charge in [-0.2, -0.15) is 0 Å². The standard InChI is InChI=1S/C29H26BrNO3/c1-16-22(30)10-11-23-25(16)26(28(34)31-23)29(13-12-17-6-2-5-9-21(17)29)15-18-14-24(32)19-7-3-4-8-20(19)27(18)33/h2,5-6,9-14,26,32-33H,3-4,7-8,15H2,1H3,(H,31,34). The van der Waals surface area contributed by atoms with Crippen molar-refractivity contribution in [2.24, 2.45) is 0 Å². The molecule has 1 aliphatic heterocycles. The fourth-order valence-electron chi connectivity index (χ4n) is 6.33. The number of nitrogens with one attached hydrogen (secondary N) is 1. The zero-order valence-corrected chi connectivity index (χ0v) is 20.6. The summed E-state index contributed by atoms with van der Waals surface area (Å²) in [6.07, 6.45) is 8.21. The van der Waals surface area contributed by atoms with Crippen LogP contribution in [0.3, 0.4) is 0 Å². The highest BCUT2D eigenvalue weighted by molar-refractivity contribution is 9.10. The van der Waals surface area contributed by atoms with E-state index in [9.17, 15) is 15.0 Å². The van der Waals surface area contributed by atoms with Crippen molar-refractivity contribution in [1.29, 1.82) is 0 Å². The molecule has 0 aromatic heterocycles. The number of aromatic hydroxyl groups is 2. The highest BCUT2D eigenvalue weighted by Gasteiger charge is 2.51. The van der Waals surface area contributed by atoms with Crippen molar-refractivity contribution in [3.63, 3.8) is 0 Å². The van der Waals surface area contributed by atoms with E-state index in [1.165, 1.54) is 0 Å². The molecule has 3 aromatic rings. The first-order chi connectivity index (χ1) is 16.4. The summed E-state index contributed by atoms with van der Waals surface area (Å²) in [5, 5.41) is 25.3. The predicted octanol–water partition coefficient (Wildman–Crippen LogP) is 6.29. The summed E-state index contributed by atoms with van der Waals surface area (Å²) in [7, 11) is 0. The smallest absolute Gasteiger partial charge is 0.233 e. The number of phenolic OH excluding ortho intramolecular Hbond substituents is 2. The molecule has 34 heavy (non-hydrogen) atoms. The van der Waals surface area contributed by atoms with Gasteiger partial charge in [-0.3, -0.25) is 4.79 Å². The molecule has 5 heteroatoms. The van der Waals surface area contributed by atoms with Gasteiger partial charge in [-0.1, -0.05) is 52.3 Å². The van der Waals surface area contributed by atoms with E-state index in [1.807, 2.05) is 31.2 Å². The average Bonchev–Trinajstić information content (AvgIpc) is 3.38. The van der Waals surface area contributed by atoms with Gasteiger partial charge in [0, 0.05) is 26.7 Å². The maximum atomic E-state index is 13.6. The monoisotopic (exact) mass is 515 g/mol. The minimum Gasteiger partial charge on any atom is -0.508 e. The van der Waals surface area contributed by atoms with Crippen molar-refractivity contribution in [3.05, 3.63) is 92.0 Å². The van der Waals surface area contributed by atoms with Crippen molar-refractivity contribution in [3.8, 4) is 11.5 Å². The zero-order chi connectivity index (χ0) is 23.6. The first-order valence-electron chi connectivity index (χ1n) is 11.8. The van der Waals surface area contributed by atoms with E-state index >= 15 is 0 Å². The van der Waals surface area contributed by atoms with Gasteiger partial charge < -0.3 is 15.5 Å². The Morgan fingerprint density at radius 3 is 2.68 bits per heavy atom. The number of benzene rings is 3. The van der Waals surface area contributed by atoms with E-state index < -0.39 is 11.3 Å². The van der Waals surface area contributed by atoms with Crippen molar-refractivity contribution in [1.82, 2.24) is 0 Å². The van der Waals surface area contributed by atoms with Crippen LogP contribution in [0, 0.1) is 6.92 Å². The Morgan fingerprint density at radius 2 is 1.85 bits per heavy atom. The molecule has 2 unspecified atom stereocenters. The van der Waals surface area contributed by atoms with Gasteiger partial charge in [0.1, 0.15) is 11.5 Å². The SMILES string of the molecule is Cc1c(Br)ccc2c1C(C1(Cc3cc(O)c4c(c3O)CCCC4)C=Cc3ccccc31)C(=O)N2. The van der Waals surface area contributed by atoms with Gasteiger partial charge in [0.05, 0.1) is 5.92 Å². The summed E-state index contributed by atoms with van der Waals surface area (Å²) in [6, 6.07) is 13.8. The molecule has 1 heterocycles. The molecule has 1 amide bonds. The third-order valence-corrected chi connectivity index (χ3v) is 8.82. The van der Waals surface area contributed by atoms with Crippen LogP contribution >= 0.6 is 15.9 Å². The molecule has 0 spiro atoms. The van der Waals surface area contributed by atoms with Crippen LogP contribution in [-0.4, -0.2) is 16.1 Å². The van der Waals surface area contributed by atoms with Crippen molar-refractivity contribution >= 4 is 33.6 Å². The van der Waals surface area contributed by atoms with Crippen LogP contribution in [0.4, 0.5) is 5.69 Å². The third kappa shape index (κ3) is 2.99. The van der Waals surface area contributed by atoms with Crippen LogP contribution in [0.5, 0.6) is 11.5 Å². The topological polar surface area (TPSA) is 69.6 Å². The first kappa shape index (κ1) is 21.5. The number of amides is 1. The molecule has 3 aliphatic rings. The molecule has 0 bridgehead atoms. The van der Waals surface area contributed by atoms with Gasteiger partial charge in [0.15, 0.2) is 0 Å². The maximum Gasteiger partial charge on any atom is 0.233 e. The average molecular weight is 516 g/mol. The Kier molecular flexibility index (Phi) is 4.89. The molecule has 0 fully saturated rings. The van der Waals surface area contributed by atoms with E-state index in [1.54, 1.807) is 6.07 Å². The van der Waals surface area contributed by atoms with E-state index in [0.717, 1.165) is 69.2 Å². The molecule has 0 saturated carbocycles. The molecule has 2 aliphatic carbocycles. The second kappa shape index (κ2) is 7.74. The van der Waals surface area contributed by atoms with E-state index in [2.05, 4.69) is 45.5 Å². The van der Waals surface area contributed by atoms with Gasteiger partial charge >= 0.3 is 0 Å². The van der Waals surface area contributed by atoms with E-state index in [4.69, 9.17) is 0 Å². The van der Waals surface area contributed by atoms with Gasteiger partial charge in [0.2, 0.25) is 5.91 Å². The number of halogens is 1. The Labute approximate surface area is 207 Å². The lowest BCUT2D eigenvalue weighted by Gasteiger charge is -2.36. The Hall–Kier alpha value is -3.05. The zero-order valence-electron chi connectivity index (χ0n) is 19.0. The third-order valence-electron chi connectivity index (χ3n) is 7.96. The molecule has 172 valence electrons. The van der Waals surface area contributed by atoms with Crippen LogP contribution in [0.2, 0.25) is 0 Å². The number of carbonyl (C=O) groups is 1. The normalized spacial score (nSPS) is 22.3. The van der Waals surface area contributed by atoms with Gasteiger partial charge in [-0.05, 0) is 85.0 Å². The Balaban J connectivity index is 1.58. The van der Waals surface area contributed by atoms with Crippen LogP contribution < -0.4 is 5.32 Å². The van der Waals surface area contributed by atoms with Crippen LogP contribution in [-0.2, 0) is 29.5 Å². The summed E-state index contributed by atoms with van der Waals surface area (Å²) in [5.74, 6) is 0.0223. The largest absolute Gasteiger partial charge is 0.508 e. The number of phenols is 2. The molecular formula is C29H26BrNO3. The minimum absolute atomic E-state index is 0.0424. The highest BCUT2D eigenvalue weighted by atomic mass is 79.9. The number of fused-ring (bicyclic) bond motifs is 3. The molecule has 3 aromatic carbocycles. The Morgan fingerprint density at radius 1 is 1.09 bits per heavy atom. The second-order valence-electron chi connectivity index (χ2n) is 9.76. The molecule has 6 rings (SSSR count). The lowest BCUT2D eigenvalue weighted by atomic mass is 9.65. The van der Waals surface area contributed by atoms with Crippen molar-refractivity contribution in [2.75, 3.05) is 5.32 Å². The molecule has 2 atom stereocenters. The van der Waals surface area contributed by atoms with Crippen molar-refractivity contribution < 1.29 is 15.0 Å². The number of hydrogen-bond donors (Lipinski definition) is 3. The van der Waals surface area contributed by atoms with Gasteiger partial charge in [-0.25, -0.2) is 0 Å². The fourth-order valence-corrected chi connectivity index (χ4v) is 6.67. The van der Waals surface area contributed by atoms with Crippen LogP contribution in [0.1, 0.15) is 57.7 Å². The summed E-state index contributed by atoms with van der Waals surface area (Å²) in [5.41, 5.74) is 6.74. The number of rotatable bonds is 3.